The minimum Gasteiger partial charge on any atom is -0.461 e. The van der Waals surface area contributed by atoms with Crippen LogP contribution in [0.15, 0.2) is 49.6 Å². The van der Waals surface area contributed by atoms with E-state index in [1.165, 1.54) is 12.2 Å². The Bertz CT molecular complexity index is 695. The molecule has 26 heavy (non-hydrogen) atoms. The summed E-state index contributed by atoms with van der Waals surface area (Å²) in [5.41, 5.74) is 0.607. The normalized spacial score (nSPS) is 12.7. The fraction of sp³-hybridized carbons (Fsp3) is 0.263. The Kier molecular flexibility index (Phi) is 6.43. The molecular formula is C19H19NO6. The summed E-state index contributed by atoms with van der Waals surface area (Å²) < 4.78 is 9.83. The number of imide groups is 1. The fourth-order valence-corrected chi connectivity index (χ4v) is 2.52. The van der Waals surface area contributed by atoms with Crippen molar-refractivity contribution in [1.82, 2.24) is 4.90 Å². The maximum absolute atomic E-state index is 12.3. The number of nitrogens with zero attached hydrogens (tertiary/aromatic N) is 1. The van der Waals surface area contributed by atoms with Gasteiger partial charge in [-0.05, 0) is 18.6 Å². The molecule has 0 atom stereocenters. The molecule has 1 aromatic rings. The van der Waals surface area contributed by atoms with Gasteiger partial charge in [-0.2, -0.15) is 0 Å². The third-order valence-corrected chi connectivity index (χ3v) is 3.78. The Morgan fingerprint density at radius 1 is 0.962 bits per heavy atom. The molecule has 0 aromatic heterocycles. The van der Waals surface area contributed by atoms with E-state index in [0.717, 1.165) is 4.90 Å². The first-order valence-corrected chi connectivity index (χ1v) is 8.01. The van der Waals surface area contributed by atoms with E-state index in [9.17, 15) is 19.2 Å². The Morgan fingerprint density at radius 2 is 1.42 bits per heavy atom. The summed E-state index contributed by atoms with van der Waals surface area (Å²) in [6.45, 7) is 6.64. The highest BCUT2D eigenvalue weighted by molar-refractivity contribution is 6.21. The van der Waals surface area contributed by atoms with Gasteiger partial charge in [0.15, 0.2) is 5.92 Å². The summed E-state index contributed by atoms with van der Waals surface area (Å²) in [7, 11) is 0. The van der Waals surface area contributed by atoms with Gasteiger partial charge >= 0.3 is 11.9 Å². The predicted molar refractivity (Wildman–Crippen MR) is 92.2 cm³/mol. The van der Waals surface area contributed by atoms with Crippen LogP contribution < -0.4 is 0 Å². The number of hydrogen-bond acceptors (Lipinski definition) is 6. The van der Waals surface area contributed by atoms with Gasteiger partial charge in [-0.3, -0.25) is 24.1 Å². The van der Waals surface area contributed by atoms with E-state index in [1.807, 2.05) is 0 Å². The van der Waals surface area contributed by atoms with E-state index < -0.39 is 29.7 Å². The molecule has 0 fully saturated rings. The van der Waals surface area contributed by atoms with Crippen molar-refractivity contribution in [3.05, 3.63) is 60.7 Å². The van der Waals surface area contributed by atoms with Crippen LogP contribution in [0.2, 0.25) is 0 Å². The Labute approximate surface area is 150 Å². The lowest BCUT2D eigenvalue weighted by molar-refractivity contribution is -0.161. The van der Waals surface area contributed by atoms with E-state index in [0.29, 0.717) is 11.1 Å². The van der Waals surface area contributed by atoms with E-state index in [1.54, 1.807) is 24.3 Å². The van der Waals surface area contributed by atoms with Crippen LogP contribution in [0.25, 0.3) is 0 Å². The topological polar surface area (TPSA) is 90.0 Å². The Hall–Kier alpha value is -3.22. The molecule has 1 aliphatic heterocycles. The number of amides is 2. The first-order chi connectivity index (χ1) is 12.5. The van der Waals surface area contributed by atoms with Gasteiger partial charge in [-0.1, -0.05) is 37.4 Å². The molecule has 0 spiro atoms. The number of benzene rings is 1. The minimum atomic E-state index is -1.25. The lowest BCUT2D eigenvalue weighted by Crippen LogP contribution is -2.36. The molecule has 7 heteroatoms. The van der Waals surface area contributed by atoms with Crippen molar-refractivity contribution in [2.45, 2.75) is 6.42 Å². The van der Waals surface area contributed by atoms with Gasteiger partial charge in [0.05, 0.1) is 11.1 Å². The lowest BCUT2D eigenvalue weighted by atomic mass is 10.1. The van der Waals surface area contributed by atoms with Crippen LogP contribution in [-0.2, 0) is 19.1 Å². The summed E-state index contributed by atoms with van der Waals surface area (Å²) >= 11 is 0. The first-order valence-electron chi connectivity index (χ1n) is 8.01. The molecule has 0 bridgehead atoms. The first kappa shape index (κ1) is 19.1. The summed E-state index contributed by atoms with van der Waals surface area (Å²) in [5, 5.41) is 0. The quantitative estimate of drug-likeness (QED) is 0.289. The highest BCUT2D eigenvalue weighted by atomic mass is 16.6. The largest absolute Gasteiger partial charge is 0.461 e. The van der Waals surface area contributed by atoms with E-state index in [-0.39, 0.29) is 26.2 Å². The van der Waals surface area contributed by atoms with Crippen LogP contribution in [0.1, 0.15) is 27.1 Å². The molecule has 1 aromatic carbocycles. The zero-order valence-electron chi connectivity index (χ0n) is 14.2. The van der Waals surface area contributed by atoms with Gasteiger partial charge in [0.25, 0.3) is 11.8 Å². The summed E-state index contributed by atoms with van der Waals surface area (Å²) in [4.78, 5) is 49.9. The number of carbonyl (C=O) groups is 4. The van der Waals surface area contributed by atoms with Crippen molar-refractivity contribution in [1.29, 1.82) is 0 Å². The van der Waals surface area contributed by atoms with Gasteiger partial charge in [0, 0.05) is 6.54 Å². The van der Waals surface area contributed by atoms with E-state index in [2.05, 4.69) is 13.2 Å². The maximum Gasteiger partial charge on any atom is 0.320 e. The number of ether oxygens (including phenoxy) is 2. The number of rotatable bonds is 9. The molecular weight excluding hydrogens is 338 g/mol. The van der Waals surface area contributed by atoms with E-state index >= 15 is 0 Å². The molecule has 1 aliphatic rings. The lowest BCUT2D eigenvalue weighted by Gasteiger charge is -2.18. The zero-order chi connectivity index (χ0) is 19.1. The van der Waals surface area contributed by atoms with Crippen molar-refractivity contribution in [3.8, 4) is 0 Å². The predicted octanol–water partition coefficient (Wildman–Crippen LogP) is 1.75. The van der Waals surface area contributed by atoms with Crippen LogP contribution in [0.5, 0.6) is 0 Å². The average Bonchev–Trinajstić information content (AvgIpc) is 2.89. The molecule has 0 N–H and O–H groups in total. The van der Waals surface area contributed by atoms with Crippen LogP contribution in [0, 0.1) is 5.92 Å². The zero-order valence-corrected chi connectivity index (χ0v) is 14.2. The minimum absolute atomic E-state index is 0.0584. The van der Waals surface area contributed by atoms with Crippen molar-refractivity contribution >= 4 is 23.8 Å². The molecule has 1 heterocycles. The second-order valence-corrected chi connectivity index (χ2v) is 5.49. The molecule has 136 valence electrons. The second-order valence-electron chi connectivity index (χ2n) is 5.49. The highest BCUT2D eigenvalue weighted by Crippen LogP contribution is 2.23. The SMILES string of the molecule is C=CCOC(=O)C(CCN1C(=O)c2ccccc2C1=O)C(=O)OCC=C. The van der Waals surface area contributed by atoms with E-state index in [4.69, 9.17) is 9.47 Å². The van der Waals surface area contributed by atoms with Crippen LogP contribution in [0.4, 0.5) is 0 Å². The average molecular weight is 357 g/mol. The highest BCUT2D eigenvalue weighted by Gasteiger charge is 2.37. The summed E-state index contributed by atoms with van der Waals surface area (Å²) in [6, 6.07) is 6.44. The molecule has 2 amide bonds. The van der Waals surface area contributed by atoms with Gasteiger partial charge in [-0.15, -0.1) is 0 Å². The standard InChI is InChI=1S/C19H19NO6/c1-3-11-25-18(23)15(19(24)26-12-4-2)9-10-20-16(21)13-7-5-6-8-14(13)17(20)22/h3-8,15H,1-2,9-12H2. The van der Waals surface area contributed by atoms with Crippen LogP contribution >= 0.6 is 0 Å². The Balaban J connectivity index is 2.09. The third-order valence-electron chi connectivity index (χ3n) is 3.78. The fourth-order valence-electron chi connectivity index (χ4n) is 2.52. The molecule has 0 saturated heterocycles. The van der Waals surface area contributed by atoms with Crippen LogP contribution in [-0.4, -0.2) is 48.4 Å². The third kappa shape index (κ3) is 4.05. The molecule has 7 nitrogen and oxygen atoms in total. The maximum atomic E-state index is 12.3. The molecule has 0 radical (unpaired) electrons. The molecule has 0 saturated carbocycles. The molecule has 0 unspecified atom stereocenters. The van der Waals surface area contributed by atoms with Gasteiger partial charge < -0.3 is 9.47 Å². The number of hydrogen-bond donors (Lipinski definition) is 0. The van der Waals surface area contributed by atoms with Gasteiger partial charge in [0.2, 0.25) is 0 Å². The van der Waals surface area contributed by atoms with Crippen molar-refractivity contribution in [2.24, 2.45) is 5.92 Å². The number of esters is 2. The van der Waals surface area contributed by atoms with Gasteiger partial charge in [0.1, 0.15) is 13.2 Å². The van der Waals surface area contributed by atoms with Crippen LogP contribution in [0.3, 0.4) is 0 Å². The smallest absolute Gasteiger partial charge is 0.320 e. The van der Waals surface area contributed by atoms with Crippen molar-refractivity contribution < 1.29 is 28.7 Å². The molecule has 0 aliphatic carbocycles. The molecule has 2 rings (SSSR count). The van der Waals surface area contributed by atoms with Gasteiger partial charge in [-0.25, -0.2) is 0 Å². The van der Waals surface area contributed by atoms with Crippen molar-refractivity contribution in [3.63, 3.8) is 0 Å². The van der Waals surface area contributed by atoms with Crippen molar-refractivity contribution in [2.75, 3.05) is 19.8 Å². The monoisotopic (exact) mass is 357 g/mol. The second kappa shape index (κ2) is 8.75. The Morgan fingerprint density at radius 3 is 1.85 bits per heavy atom. The summed E-state index contributed by atoms with van der Waals surface area (Å²) in [6.07, 6.45) is 2.64. The number of fused-ring (bicyclic) bond motifs is 1. The number of carbonyl (C=O) groups excluding carboxylic acids is 4. The summed E-state index contributed by atoms with van der Waals surface area (Å²) in [5.74, 6) is -3.75.